The molecule has 2 aliphatic rings. The van der Waals surface area contributed by atoms with Gasteiger partial charge in [0.05, 0.1) is 11.0 Å². The second-order valence-electron chi connectivity index (χ2n) is 15.1. The second-order valence-corrected chi connectivity index (χ2v) is 15.1. The first-order valence-corrected chi connectivity index (χ1v) is 19.7. The standard InChI is InChI=1S/C51H36N4O2/c1-3-12-31(13-4-1)49-52-50(32-14-5-2-6-15-32)54-51(53-49)34-22-25-39-40-19-11-18-36(48(40)57-47(39)29-34)33-23-26-45-41(28-33)42-30-35(24-27-46(42)56-45)55-43-20-9-7-16-37(43)38-17-8-10-21-44(38)55/h1-5,7-14,16-30,49-50,52H,6,15H2,(H,53,54). The lowest BCUT2D eigenvalue weighted by molar-refractivity contribution is 0.429. The van der Waals surface area contributed by atoms with Crippen LogP contribution in [-0.4, -0.2) is 16.6 Å². The number of fused-ring (bicyclic) bond motifs is 9. The second kappa shape index (κ2) is 12.7. The Morgan fingerprint density at radius 2 is 1.32 bits per heavy atom. The first-order chi connectivity index (χ1) is 28.2. The van der Waals surface area contributed by atoms with E-state index in [0.717, 1.165) is 90.5 Å². The van der Waals surface area contributed by atoms with Gasteiger partial charge in [0.15, 0.2) is 0 Å². The van der Waals surface area contributed by atoms with Gasteiger partial charge in [-0.25, -0.2) is 4.99 Å². The number of hydrogen-bond acceptors (Lipinski definition) is 5. The Bertz CT molecular complexity index is 3270. The number of allylic oxidation sites excluding steroid dienone is 3. The summed E-state index contributed by atoms with van der Waals surface area (Å²) in [7, 11) is 0. The summed E-state index contributed by atoms with van der Waals surface area (Å²) in [6.45, 7) is 0. The van der Waals surface area contributed by atoms with Gasteiger partial charge in [0.25, 0.3) is 0 Å². The molecule has 2 unspecified atom stereocenters. The number of aliphatic imine (C=N–C) groups is 1. The Morgan fingerprint density at radius 3 is 2.12 bits per heavy atom. The van der Waals surface area contributed by atoms with Crippen LogP contribution in [0.15, 0.2) is 189 Å². The maximum atomic E-state index is 6.81. The van der Waals surface area contributed by atoms with Gasteiger partial charge < -0.3 is 18.7 Å². The summed E-state index contributed by atoms with van der Waals surface area (Å²) in [4.78, 5) is 5.19. The van der Waals surface area contributed by atoms with Gasteiger partial charge in [-0.2, -0.15) is 0 Å². The fourth-order valence-electron chi connectivity index (χ4n) is 9.01. The zero-order valence-corrected chi connectivity index (χ0v) is 30.9. The molecule has 10 aromatic rings. The highest BCUT2D eigenvalue weighted by atomic mass is 16.3. The molecule has 0 amide bonds. The molecule has 0 radical (unpaired) electrons. The minimum absolute atomic E-state index is 0.0300. The van der Waals surface area contributed by atoms with Crippen LogP contribution < -0.4 is 10.6 Å². The molecule has 1 aliphatic carbocycles. The van der Waals surface area contributed by atoms with Crippen LogP contribution in [0.3, 0.4) is 0 Å². The van der Waals surface area contributed by atoms with E-state index in [0.29, 0.717) is 0 Å². The van der Waals surface area contributed by atoms with E-state index in [1.807, 2.05) is 6.07 Å². The van der Waals surface area contributed by atoms with Gasteiger partial charge in [-0.1, -0.05) is 115 Å². The molecule has 272 valence electrons. The van der Waals surface area contributed by atoms with E-state index in [4.69, 9.17) is 13.8 Å². The topological polar surface area (TPSA) is 67.6 Å². The summed E-state index contributed by atoms with van der Waals surface area (Å²) in [5.41, 5.74) is 12.5. The fraction of sp³-hybridized carbons (Fsp3) is 0.0784. The number of aromatic nitrogens is 1. The van der Waals surface area contributed by atoms with Crippen LogP contribution in [-0.2, 0) is 0 Å². The third kappa shape index (κ3) is 5.18. The van der Waals surface area contributed by atoms with Crippen LogP contribution in [0.25, 0.3) is 82.5 Å². The monoisotopic (exact) mass is 736 g/mol. The SMILES string of the molecule is C1=CCCC(C2NC(c3ccc4c(c3)oc3c(-c5ccc6oc7ccc(-n8c9ccccc9c9ccccc98)cc7c6c5)cccc34)=NC(c3ccccc3)N2)=C1. The van der Waals surface area contributed by atoms with Crippen LogP contribution in [0.2, 0.25) is 0 Å². The highest BCUT2D eigenvalue weighted by Gasteiger charge is 2.27. The van der Waals surface area contributed by atoms with Crippen molar-refractivity contribution in [1.82, 2.24) is 15.2 Å². The number of furan rings is 2. The number of nitrogens with zero attached hydrogens (tertiary/aromatic N) is 2. The summed E-state index contributed by atoms with van der Waals surface area (Å²) in [6.07, 6.45) is 8.43. The molecule has 1 aliphatic heterocycles. The number of hydrogen-bond donors (Lipinski definition) is 2. The van der Waals surface area contributed by atoms with Gasteiger partial charge in [0.2, 0.25) is 0 Å². The number of para-hydroxylation sites is 3. The fourth-order valence-corrected chi connectivity index (χ4v) is 9.01. The van der Waals surface area contributed by atoms with E-state index in [1.165, 1.54) is 27.4 Å². The molecule has 6 heteroatoms. The van der Waals surface area contributed by atoms with Crippen molar-refractivity contribution in [2.24, 2.45) is 4.99 Å². The number of benzene rings is 7. The third-order valence-electron chi connectivity index (χ3n) is 11.8. The van der Waals surface area contributed by atoms with Crippen molar-refractivity contribution in [2.75, 3.05) is 0 Å². The third-order valence-corrected chi connectivity index (χ3v) is 11.8. The van der Waals surface area contributed by atoms with E-state index in [1.54, 1.807) is 0 Å². The van der Waals surface area contributed by atoms with Crippen molar-refractivity contribution in [3.63, 3.8) is 0 Å². The quantitative estimate of drug-likeness (QED) is 0.185. The molecule has 2 atom stereocenters. The van der Waals surface area contributed by atoms with Crippen LogP contribution >= 0.6 is 0 Å². The Balaban J connectivity index is 0.955. The highest BCUT2D eigenvalue weighted by Crippen LogP contribution is 2.40. The number of nitrogens with one attached hydrogen (secondary N) is 2. The molecular formula is C51H36N4O2. The molecular weight excluding hydrogens is 701 g/mol. The largest absolute Gasteiger partial charge is 0.456 e. The summed E-state index contributed by atoms with van der Waals surface area (Å²) in [5, 5.41) is 14.3. The lowest BCUT2D eigenvalue weighted by Gasteiger charge is -2.33. The van der Waals surface area contributed by atoms with Crippen molar-refractivity contribution in [2.45, 2.75) is 25.2 Å². The molecule has 0 bridgehead atoms. The molecule has 0 fully saturated rings. The molecule has 6 nitrogen and oxygen atoms in total. The summed E-state index contributed by atoms with van der Waals surface area (Å²) in [5.74, 6) is 0.850. The molecule has 0 saturated carbocycles. The number of amidine groups is 1. The van der Waals surface area contributed by atoms with Gasteiger partial charge in [-0.15, -0.1) is 0 Å². The zero-order chi connectivity index (χ0) is 37.5. The van der Waals surface area contributed by atoms with Gasteiger partial charge in [0, 0.05) is 49.1 Å². The van der Waals surface area contributed by atoms with Gasteiger partial charge in [-0.05, 0) is 84.1 Å². The normalized spacial score (nSPS) is 17.2. The Morgan fingerprint density at radius 1 is 0.579 bits per heavy atom. The van der Waals surface area contributed by atoms with Crippen LogP contribution in [0.5, 0.6) is 0 Å². The first kappa shape index (κ1) is 32.1. The first-order valence-electron chi connectivity index (χ1n) is 19.7. The molecule has 0 saturated heterocycles. The molecule has 2 N–H and O–H groups in total. The van der Waals surface area contributed by atoms with E-state index in [2.05, 4.69) is 179 Å². The maximum Gasteiger partial charge on any atom is 0.143 e. The van der Waals surface area contributed by atoms with Crippen molar-refractivity contribution in [3.8, 4) is 16.8 Å². The molecule has 57 heavy (non-hydrogen) atoms. The molecule has 7 aromatic carbocycles. The molecule has 0 spiro atoms. The predicted octanol–water partition coefficient (Wildman–Crippen LogP) is 12.5. The Labute approximate surface area is 328 Å². The number of rotatable bonds is 5. The van der Waals surface area contributed by atoms with Gasteiger partial charge in [-0.3, -0.25) is 5.32 Å². The van der Waals surface area contributed by atoms with Crippen molar-refractivity contribution in [3.05, 3.63) is 187 Å². The summed E-state index contributed by atoms with van der Waals surface area (Å²) >= 11 is 0. The van der Waals surface area contributed by atoms with Gasteiger partial charge in [0.1, 0.15) is 40.5 Å². The molecule has 3 aromatic heterocycles. The zero-order valence-electron chi connectivity index (χ0n) is 30.9. The lowest BCUT2D eigenvalue weighted by Crippen LogP contribution is -2.52. The minimum Gasteiger partial charge on any atom is -0.456 e. The van der Waals surface area contributed by atoms with E-state index >= 15 is 0 Å². The Kier molecular flexibility index (Phi) is 7.16. The van der Waals surface area contributed by atoms with Crippen molar-refractivity contribution >= 4 is 71.5 Å². The van der Waals surface area contributed by atoms with E-state index in [9.17, 15) is 0 Å². The average Bonchev–Trinajstić information content (AvgIpc) is 3.95. The van der Waals surface area contributed by atoms with Crippen LogP contribution in [0, 0.1) is 0 Å². The molecule has 4 heterocycles. The Hall–Kier alpha value is -7.15. The predicted molar refractivity (Wildman–Crippen MR) is 233 cm³/mol. The van der Waals surface area contributed by atoms with Crippen LogP contribution in [0.4, 0.5) is 0 Å². The summed E-state index contributed by atoms with van der Waals surface area (Å²) in [6, 6.07) is 53.6. The van der Waals surface area contributed by atoms with E-state index < -0.39 is 0 Å². The summed E-state index contributed by atoms with van der Waals surface area (Å²) < 4.78 is 15.6. The highest BCUT2D eigenvalue weighted by molar-refractivity contribution is 6.14. The maximum absolute atomic E-state index is 6.81. The van der Waals surface area contributed by atoms with Crippen molar-refractivity contribution in [1.29, 1.82) is 0 Å². The van der Waals surface area contributed by atoms with E-state index in [-0.39, 0.29) is 12.3 Å². The smallest absolute Gasteiger partial charge is 0.143 e. The van der Waals surface area contributed by atoms with Crippen LogP contribution in [0.1, 0.15) is 30.1 Å². The minimum atomic E-state index is -0.177. The lowest BCUT2D eigenvalue weighted by atomic mass is 9.99. The van der Waals surface area contributed by atoms with Gasteiger partial charge >= 0.3 is 0 Å². The molecule has 12 rings (SSSR count). The average molecular weight is 737 g/mol. The van der Waals surface area contributed by atoms with Crippen molar-refractivity contribution < 1.29 is 8.83 Å².